The smallest absolute Gasteiger partial charge is 0.272 e. The highest BCUT2D eigenvalue weighted by Crippen LogP contribution is 2.27. The van der Waals surface area contributed by atoms with Crippen LogP contribution in [0.15, 0.2) is 59.7 Å². The summed E-state index contributed by atoms with van der Waals surface area (Å²) in [7, 11) is 2.11. The molecule has 4 rings (SSSR count). The maximum absolute atomic E-state index is 13.1. The lowest BCUT2D eigenvalue weighted by Crippen LogP contribution is -2.32. The van der Waals surface area contributed by atoms with E-state index in [1.54, 1.807) is 0 Å². The summed E-state index contributed by atoms with van der Waals surface area (Å²) < 4.78 is 0. The Morgan fingerprint density at radius 1 is 1.13 bits per heavy atom. The number of carbonyl (C=O) groups is 1. The second-order valence-corrected chi connectivity index (χ2v) is 8.43. The van der Waals surface area contributed by atoms with Gasteiger partial charge in [-0.2, -0.15) is 5.10 Å². The van der Waals surface area contributed by atoms with Crippen LogP contribution in [-0.2, 0) is 0 Å². The molecule has 1 aliphatic rings. The number of benzene rings is 2. The van der Waals surface area contributed by atoms with Crippen molar-refractivity contribution in [1.29, 1.82) is 0 Å². The van der Waals surface area contributed by atoms with E-state index in [0.29, 0.717) is 11.5 Å². The highest BCUT2D eigenvalue weighted by Gasteiger charge is 2.16. The molecular formula is C26H30N4O. The van der Waals surface area contributed by atoms with Crippen LogP contribution in [0.2, 0.25) is 0 Å². The summed E-state index contributed by atoms with van der Waals surface area (Å²) in [6, 6.07) is 18.2. The number of nitrogens with one attached hydrogen (secondary N) is 1. The number of likely N-dealkylation sites (tertiary alicyclic amines) is 1. The molecule has 0 radical (unpaired) electrons. The van der Waals surface area contributed by atoms with E-state index in [2.05, 4.69) is 60.6 Å². The van der Waals surface area contributed by atoms with Crippen molar-refractivity contribution >= 4 is 22.5 Å². The van der Waals surface area contributed by atoms with Gasteiger partial charge < -0.3 is 4.90 Å². The fourth-order valence-corrected chi connectivity index (χ4v) is 3.91. The van der Waals surface area contributed by atoms with Gasteiger partial charge in [0.1, 0.15) is 0 Å². The van der Waals surface area contributed by atoms with Crippen molar-refractivity contribution in [2.24, 2.45) is 5.10 Å². The van der Waals surface area contributed by atoms with Gasteiger partial charge in [-0.05, 0) is 37.1 Å². The Balaban J connectivity index is 1.65. The number of rotatable bonds is 5. The van der Waals surface area contributed by atoms with Gasteiger partial charge in [-0.25, -0.2) is 10.4 Å². The molecule has 1 amide bonds. The lowest BCUT2D eigenvalue weighted by atomic mass is 9.96. The average Bonchev–Trinajstić information content (AvgIpc) is 2.82. The van der Waals surface area contributed by atoms with Crippen molar-refractivity contribution in [2.75, 3.05) is 20.1 Å². The Labute approximate surface area is 184 Å². The second kappa shape index (κ2) is 9.40. The van der Waals surface area contributed by atoms with Crippen LogP contribution in [0.3, 0.4) is 0 Å². The van der Waals surface area contributed by atoms with E-state index in [-0.39, 0.29) is 5.91 Å². The standard InChI is InChI=1S/C26H30N4O/c1-4-18(2)19-9-11-20(12-10-19)25-17-23(22-7-5-6-8-24(22)27-25)26(31)29-28-21-13-15-30(3)16-14-21/h5-12,17-18H,4,13-16H2,1-3H3,(H,29,31)/t18-/m1/s1. The van der Waals surface area contributed by atoms with Gasteiger partial charge >= 0.3 is 0 Å². The summed E-state index contributed by atoms with van der Waals surface area (Å²) in [6.45, 7) is 6.38. The van der Waals surface area contributed by atoms with Crippen LogP contribution in [-0.4, -0.2) is 41.6 Å². The first-order valence-electron chi connectivity index (χ1n) is 11.1. The molecule has 1 atom stereocenters. The molecule has 2 aromatic carbocycles. The molecule has 5 nitrogen and oxygen atoms in total. The Bertz CT molecular complexity index is 1090. The lowest BCUT2D eigenvalue weighted by molar-refractivity contribution is 0.0956. The molecule has 1 aromatic heterocycles. The third-order valence-electron chi connectivity index (χ3n) is 6.23. The second-order valence-electron chi connectivity index (χ2n) is 8.43. The van der Waals surface area contributed by atoms with Crippen molar-refractivity contribution < 1.29 is 4.79 Å². The number of aromatic nitrogens is 1. The van der Waals surface area contributed by atoms with Gasteiger partial charge in [-0.15, -0.1) is 0 Å². The first kappa shape index (κ1) is 21.2. The minimum absolute atomic E-state index is 0.192. The highest BCUT2D eigenvalue weighted by molar-refractivity contribution is 6.07. The number of hydrogen-bond acceptors (Lipinski definition) is 4. The highest BCUT2D eigenvalue weighted by atomic mass is 16.2. The van der Waals surface area contributed by atoms with Crippen LogP contribution in [0.25, 0.3) is 22.2 Å². The molecule has 160 valence electrons. The summed E-state index contributed by atoms with van der Waals surface area (Å²) in [5.41, 5.74) is 8.37. The van der Waals surface area contributed by atoms with Gasteiger partial charge in [0.15, 0.2) is 0 Å². The van der Waals surface area contributed by atoms with E-state index in [1.165, 1.54) is 5.56 Å². The Morgan fingerprint density at radius 2 is 1.84 bits per heavy atom. The van der Waals surface area contributed by atoms with E-state index >= 15 is 0 Å². The zero-order chi connectivity index (χ0) is 21.8. The Morgan fingerprint density at radius 3 is 2.55 bits per heavy atom. The predicted molar refractivity (Wildman–Crippen MR) is 128 cm³/mol. The van der Waals surface area contributed by atoms with E-state index in [4.69, 9.17) is 4.98 Å². The van der Waals surface area contributed by atoms with Gasteiger partial charge in [-0.1, -0.05) is 56.3 Å². The molecular weight excluding hydrogens is 384 g/mol. The quantitative estimate of drug-likeness (QED) is 0.582. The van der Waals surface area contributed by atoms with Crippen LogP contribution in [0.5, 0.6) is 0 Å². The Hall–Kier alpha value is -3.05. The minimum atomic E-state index is -0.192. The summed E-state index contributed by atoms with van der Waals surface area (Å²) in [6.07, 6.45) is 2.89. The third-order valence-corrected chi connectivity index (χ3v) is 6.23. The monoisotopic (exact) mass is 414 g/mol. The molecule has 5 heteroatoms. The van der Waals surface area contributed by atoms with E-state index in [9.17, 15) is 4.79 Å². The van der Waals surface area contributed by atoms with Gasteiger partial charge in [0.25, 0.3) is 5.91 Å². The van der Waals surface area contributed by atoms with E-state index in [1.807, 2.05) is 30.3 Å². The minimum Gasteiger partial charge on any atom is -0.306 e. The molecule has 1 N–H and O–H groups in total. The summed E-state index contributed by atoms with van der Waals surface area (Å²) in [4.78, 5) is 20.2. The molecule has 1 saturated heterocycles. The molecule has 2 heterocycles. The number of amides is 1. The van der Waals surface area contributed by atoms with Crippen LogP contribution in [0, 0.1) is 0 Å². The van der Waals surface area contributed by atoms with Crippen LogP contribution >= 0.6 is 0 Å². The van der Waals surface area contributed by atoms with E-state index in [0.717, 1.165) is 60.2 Å². The number of para-hydroxylation sites is 1. The van der Waals surface area contributed by atoms with Crippen molar-refractivity contribution in [3.63, 3.8) is 0 Å². The molecule has 1 aliphatic heterocycles. The van der Waals surface area contributed by atoms with Crippen LogP contribution in [0.4, 0.5) is 0 Å². The number of hydrazone groups is 1. The zero-order valence-corrected chi connectivity index (χ0v) is 18.6. The average molecular weight is 415 g/mol. The normalized spacial score (nSPS) is 15.6. The molecule has 0 spiro atoms. The summed E-state index contributed by atoms with van der Waals surface area (Å²) in [5, 5.41) is 5.25. The van der Waals surface area contributed by atoms with Gasteiger partial charge in [0.05, 0.1) is 16.8 Å². The first-order chi connectivity index (χ1) is 15.0. The SMILES string of the molecule is CC[C@@H](C)c1ccc(-c2cc(C(=O)NN=C3CCN(C)CC3)c3ccccc3n2)cc1. The van der Waals surface area contributed by atoms with Gasteiger partial charge in [0.2, 0.25) is 0 Å². The molecule has 0 aliphatic carbocycles. The summed E-state index contributed by atoms with van der Waals surface area (Å²) in [5.74, 6) is 0.334. The zero-order valence-electron chi connectivity index (χ0n) is 18.6. The van der Waals surface area contributed by atoms with Crippen molar-refractivity contribution in [3.8, 4) is 11.3 Å². The number of pyridine rings is 1. The Kier molecular flexibility index (Phi) is 6.42. The molecule has 3 aromatic rings. The summed E-state index contributed by atoms with van der Waals surface area (Å²) >= 11 is 0. The lowest BCUT2D eigenvalue weighted by Gasteiger charge is -2.22. The van der Waals surface area contributed by atoms with Crippen LogP contribution in [0.1, 0.15) is 54.9 Å². The van der Waals surface area contributed by atoms with Crippen molar-refractivity contribution in [1.82, 2.24) is 15.3 Å². The number of piperidine rings is 1. The molecule has 0 saturated carbocycles. The predicted octanol–water partition coefficient (Wildman–Crippen LogP) is 5.23. The fraction of sp³-hybridized carbons (Fsp3) is 0.346. The van der Waals surface area contributed by atoms with E-state index < -0.39 is 0 Å². The number of nitrogens with zero attached hydrogens (tertiary/aromatic N) is 3. The maximum atomic E-state index is 13.1. The number of hydrogen-bond donors (Lipinski definition) is 1. The van der Waals surface area contributed by atoms with Crippen molar-refractivity contribution in [2.45, 2.75) is 39.0 Å². The molecule has 0 bridgehead atoms. The largest absolute Gasteiger partial charge is 0.306 e. The molecule has 31 heavy (non-hydrogen) atoms. The van der Waals surface area contributed by atoms with Crippen molar-refractivity contribution in [3.05, 3.63) is 65.7 Å². The molecule has 1 fully saturated rings. The van der Waals surface area contributed by atoms with Gasteiger partial charge in [0, 0.05) is 42.6 Å². The maximum Gasteiger partial charge on any atom is 0.272 e. The third kappa shape index (κ3) is 4.83. The first-order valence-corrected chi connectivity index (χ1v) is 11.1. The fourth-order valence-electron chi connectivity index (χ4n) is 3.91. The topological polar surface area (TPSA) is 57.6 Å². The number of carbonyl (C=O) groups excluding carboxylic acids is 1. The molecule has 0 unspecified atom stereocenters. The van der Waals surface area contributed by atoms with Crippen LogP contribution < -0.4 is 5.43 Å². The number of fused-ring (bicyclic) bond motifs is 1. The van der Waals surface area contributed by atoms with Gasteiger partial charge in [-0.3, -0.25) is 4.79 Å².